The molecule has 3 unspecified atom stereocenters. The van der Waals surface area contributed by atoms with Gasteiger partial charge in [-0.15, -0.1) is 0 Å². The van der Waals surface area contributed by atoms with E-state index < -0.39 is 0 Å². The Balaban J connectivity index is 2.52. The normalized spacial score (nSPS) is 31.7. The van der Waals surface area contributed by atoms with Gasteiger partial charge in [-0.05, 0) is 20.3 Å². The molecule has 0 aromatic heterocycles. The Kier molecular flexibility index (Phi) is 4.85. The van der Waals surface area contributed by atoms with E-state index in [-0.39, 0.29) is 0 Å². The molecule has 3 atom stereocenters. The monoisotopic (exact) mass is 200 g/mol. The summed E-state index contributed by atoms with van der Waals surface area (Å²) >= 11 is 0. The van der Waals surface area contributed by atoms with E-state index in [0.717, 1.165) is 19.7 Å². The maximum atomic E-state index is 5.27. The minimum absolute atomic E-state index is 0.583. The Bertz CT molecular complexity index is 163. The van der Waals surface area contributed by atoms with E-state index in [0.29, 0.717) is 18.1 Å². The molecule has 0 aromatic carbocycles. The van der Waals surface area contributed by atoms with Gasteiger partial charge in [0.05, 0.1) is 6.61 Å². The highest BCUT2D eigenvalue weighted by molar-refractivity contribution is 4.85. The number of hydrogen-bond donors (Lipinski definition) is 1. The van der Waals surface area contributed by atoms with Gasteiger partial charge in [-0.1, -0.05) is 6.92 Å². The van der Waals surface area contributed by atoms with E-state index >= 15 is 0 Å². The fourth-order valence-corrected chi connectivity index (χ4v) is 2.20. The molecule has 0 radical (unpaired) electrons. The molecule has 0 amide bonds. The summed E-state index contributed by atoms with van der Waals surface area (Å²) in [5, 5.41) is 3.50. The first-order chi connectivity index (χ1) is 6.69. The Morgan fingerprint density at radius 2 is 2.21 bits per heavy atom. The maximum Gasteiger partial charge on any atom is 0.0618 e. The van der Waals surface area contributed by atoms with Crippen molar-refractivity contribution in [2.45, 2.75) is 45.3 Å². The smallest absolute Gasteiger partial charge is 0.0618 e. The van der Waals surface area contributed by atoms with E-state index in [2.05, 4.69) is 31.0 Å². The first-order valence-electron chi connectivity index (χ1n) is 5.67. The van der Waals surface area contributed by atoms with Gasteiger partial charge in [0.1, 0.15) is 0 Å². The fraction of sp³-hybridized carbons (Fsp3) is 1.00. The molecule has 1 aliphatic heterocycles. The van der Waals surface area contributed by atoms with Crippen molar-refractivity contribution in [1.82, 2.24) is 10.2 Å². The van der Waals surface area contributed by atoms with Crippen LogP contribution < -0.4 is 5.32 Å². The second-order valence-electron chi connectivity index (χ2n) is 4.37. The number of hydrogen-bond acceptors (Lipinski definition) is 3. The van der Waals surface area contributed by atoms with E-state index in [1.807, 2.05) is 0 Å². The second kappa shape index (κ2) is 5.69. The lowest BCUT2D eigenvalue weighted by Crippen LogP contribution is -2.58. The summed E-state index contributed by atoms with van der Waals surface area (Å²) in [5.41, 5.74) is 0. The van der Waals surface area contributed by atoms with Crippen LogP contribution in [0.15, 0.2) is 0 Å². The van der Waals surface area contributed by atoms with Crippen molar-refractivity contribution in [2.24, 2.45) is 0 Å². The molecule has 0 aliphatic carbocycles. The van der Waals surface area contributed by atoms with E-state index in [4.69, 9.17) is 4.74 Å². The van der Waals surface area contributed by atoms with Gasteiger partial charge in [-0.25, -0.2) is 0 Å². The lowest BCUT2D eigenvalue weighted by Gasteiger charge is -2.42. The summed E-state index contributed by atoms with van der Waals surface area (Å²) in [4.78, 5) is 2.57. The molecule has 1 N–H and O–H groups in total. The van der Waals surface area contributed by atoms with Crippen molar-refractivity contribution >= 4 is 0 Å². The molecule has 1 heterocycles. The molecule has 1 aliphatic rings. The van der Waals surface area contributed by atoms with Crippen LogP contribution in [0, 0.1) is 0 Å². The first kappa shape index (κ1) is 12.0. The van der Waals surface area contributed by atoms with E-state index in [1.165, 1.54) is 6.42 Å². The molecule has 14 heavy (non-hydrogen) atoms. The zero-order valence-electron chi connectivity index (χ0n) is 9.92. The highest BCUT2D eigenvalue weighted by Crippen LogP contribution is 2.13. The maximum absolute atomic E-state index is 5.27. The van der Waals surface area contributed by atoms with Gasteiger partial charge < -0.3 is 10.1 Å². The van der Waals surface area contributed by atoms with Gasteiger partial charge in [-0.3, -0.25) is 4.90 Å². The quantitative estimate of drug-likeness (QED) is 0.735. The van der Waals surface area contributed by atoms with Crippen LogP contribution >= 0.6 is 0 Å². The second-order valence-corrected chi connectivity index (χ2v) is 4.37. The molecule has 1 fully saturated rings. The van der Waals surface area contributed by atoms with Crippen LogP contribution in [0.5, 0.6) is 0 Å². The van der Waals surface area contributed by atoms with Crippen molar-refractivity contribution < 1.29 is 4.74 Å². The van der Waals surface area contributed by atoms with Crippen LogP contribution in [-0.2, 0) is 4.74 Å². The highest BCUT2D eigenvalue weighted by Gasteiger charge is 2.27. The minimum Gasteiger partial charge on any atom is -0.383 e. The summed E-state index contributed by atoms with van der Waals surface area (Å²) in [6.07, 6.45) is 1.17. The fourth-order valence-electron chi connectivity index (χ4n) is 2.20. The summed E-state index contributed by atoms with van der Waals surface area (Å²) in [6.45, 7) is 9.87. The molecular formula is C11H24N2O. The van der Waals surface area contributed by atoms with Gasteiger partial charge in [0.2, 0.25) is 0 Å². The van der Waals surface area contributed by atoms with Gasteiger partial charge in [-0.2, -0.15) is 0 Å². The van der Waals surface area contributed by atoms with Crippen molar-refractivity contribution in [2.75, 3.05) is 26.8 Å². The third-order valence-electron chi connectivity index (χ3n) is 3.11. The lowest BCUT2D eigenvalue weighted by molar-refractivity contribution is 0.0397. The summed E-state index contributed by atoms with van der Waals surface area (Å²) in [6, 6.07) is 1.82. The summed E-state index contributed by atoms with van der Waals surface area (Å²) in [7, 11) is 1.79. The van der Waals surface area contributed by atoms with Crippen LogP contribution in [0.25, 0.3) is 0 Å². The summed E-state index contributed by atoms with van der Waals surface area (Å²) < 4.78 is 5.27. The van der Waals surface area contributed by atoms with Gasteiger partial charge >= 0.3 is 0 Å². The third-order valence-corrected chi connectivity index (χ3v) is 3.11. The number of rotatable bonds is 4. The van der Waals surface area contributed by atoms with Crippen molar-refractivity contribution in [1.29, 1.82) is 0 Å². The average molecular weight is 200 g/mol. The topological polar surface area (TPSA) is 24.5 Å². The number of piperazine rings is 1. The number of ether oxygens (including phenoxy) is 1. The molecule has 0 bridgehead atoms. The summed E-state index contributed by atoms with van der Waals surface area (Å²) in [5.74, 6) is 0. The molecule has 0 saturated carbocycles. The van der Waals surface area contributed by atoms with E-state index in [9.17, 15) is 0 Å². The molecule has 1 saturated heterocycles. The third kappa shape index (κ3) is 2.94. The standard InChI is InChI=1S/C11H24N2O/c1-5-11(8-14-4)13-7-9(2)12-6-10(13)3/h9-12H,5-8H2,1-4H3. The lowest BCUT2D eigenvalue weighted by atomic mass is 10.1. The van der Waals surface area contributed by atoms with Gasteiger partial charge in [0.15, 0.2) is 0 Å². The Morgan fingerprint density at radius 3 is 2.79 bits per heavy atom. The molecule has 84 valence electrons. The van der Waals surface area contributed by atoms with Gasteiger partial charge in [0, 0.05) is 38.3 Å². The Morgan fingerprint density at radius 1 is 1.50 bits per heavy atom. The first-order valence-corrected chi connectivity index (χ1v) is 5.67. The SMILES string of the molecule is CCC(COC)N1CC(C)NCC1C. The highest BCUT2D eigenvalue weighted by atomic mass is 16.5. The van der Waals surface area contributed by atoms with Crippen molar-refractivity contribution in [3.05, 3.63) is 0 Å². The predicted molar refractivity (Wildman–Crippen MR) is 59.6 cm³/mol. The van der Waals surface area contributed by atoms with Crippen molar-refractivity contribution in [3.8, 4) is 0 Å². The largest absolute Gasteiger partial charge is 0.383 e. The average Bonchev–Trinajstić information content (AvgIpc) is 2.18. The zero-order valence-corrected chi connectivity index (χ0v) is 9.92. The molecule has 1 rings (SSSR count). The minimum atomic E-state index is 0.583. The number of methoxy groups -OCH3 is 1. The van der Waals surface area contributed by atoms with Crippen LogP contribution in [0.3, 0.4) is 0 Å². The Hall–Kier alpha value is -0.120. The van der Waals surface area contributed by atoms with Crippen LogP contribution in [-0.4, -0.2) is 49.8 Å². The van der Waals surface area contributed by atoms with Gasteiger partial charge in [0.25, 0.3) is 0 Å². The van der Waals surface area contributed by atoms with E-state index in [1.54, 1.807) is 7.11 Å². The molecule has 3 nitrogen and oxygen atoms in total. The van der Waals surface area contributed by atoms with Crippen LogP contribution in [0.2, 0.25) is 0 Å². The predicted octanol–water partition coefficient (Wildman–Crippen LogP) is 1.09. The van der Waals surface area contributed by atoms with Crippen LogP contribution in [0.1, 0.15) is 27.2 Å². The number of nitrogens with zero attached hydrogens (tertiary/aromatic N) is 1. The molecule has 0 spiro atoms. The number of nitrogens with one attached hydrogen (secondary N) is 1. The van der Waals surface area contributed by atoms with Crippen LogP contribution in [0.4, 0.5) is 0 Å². The Labute approximate surface area is 87.8 Å². The zero-order chi connectivity index (χ0) is 10.6. The molecular weight excluding hydrogens is 176 g/mol. The molecule has 3 heteroatoms. The van der Waals surface area contributed by atoms with Crippen molar-refractivity contribution in [3.63, 3.8) is 0 Å². The molecule has 0 aromatic rings.